The van der Waals surface area contributed by atoms with Gasteiger partial charge in [-0.3, -0.25) is 9.59 Å². The second kappa shape index (κ2) is 8.32. The molecule has 1 aliphatic rings. The van der Waals surface area contributed by atoms with E-state index in [9.17, 15) is 20.0 Å². The Kier molecular flexibility index (Phi) is 5.99. The van der Waals surface area contributed by atoms with Crippen molar-refractivity contribution in [3.8, 4) is 22.9 Å². The third-order valence-corrected chi connectivity index (χ3v) is 6.70. The van der Waals surface area contributed by atoms with Crippen molar-refractivity contribution >= 4 is 19.9 Å². The predicted molar refractivity (Wildman–Crippen MR) is 119 cm³/mol. The van der Waals surface area contributed by atoms with Gasteiger partial charge in [-0.25, -0.2) is 0 Å². The molecular weight excluding hydrogens is 394 g/mol. The van der Waals surface area contributed by atoms with Crippen LogP contribution in [0.5, 0.6) is 5.75 Å². The standard InChI is InChI=1S/C23H27N3O3Si/c1-30(2,3)14-20(22(29)26-23(15-24)10-11-23)25-21(28)18-8-4-6-16(12-18)17-7-5-9-19(27)13-17/h4-9,12-13,20,27H,10-11,14H2,1-3H3,(H,25,28)(H,26,29). The maximum atomic E-state index is 13.0. The van der Waals surface area contributed by atoms with Gasteiger partial charge in [0.15, 0.2) is 0 Å². The van der Waals surface area contributed by atoms with Crippen LogP contribution in [0.25, 0.3) is 11.1 Å². The molecule has 0 bridgehead atoms. The van der Waals surface area contributed by atoms with Crippen LogP contribution in [0.2, 0.25) is 25.7 Å². The molecule has 1 unspecified atom stereocenters. The highest BCUT2D eigenvalue weighted by Crippen LogP contribution is 2.34. The lowest BCUT2D eigenvalue weighted by molar-refractivity contribution is -0.123. The fourth-order valence-corrected chi connectivity index (χ4v) is 4.81. The molecule has 156 valence electrons. The second-order valence-corrected chi connectivity index (χ2v) is 14.6. The Hall–Kier alpha value is -3.11. The third-order valence-electron chi connectivity index (χ3n) is 5.07. The van der Waals surface area contributed by atoms with Crippen LogP contribution in [0, 0.1) is 11.3 Å². The van der Waals surface area contributed by atoms with Crippen LogP contribution in [0.1, 0.15) is 23.2 Å². The number of phenols is 1. The zero-order valence-electron chi connectivity index (χ0n) is 17.5. The molecule has 1 atom stereocenters. The molecule has 1 fully saturated rings. The molecule has 7 heteroatoms. The molecule has 0 saturated heterocycles. The summed E-state index contributed by atoms with van der Waals surface area (Å²) in [6.45, 7) is 6.41. The first kappa shape index (κ1) is 21.6. The minimum atomic E-state index is -1.67. The summed E-state index contributed by atoms with van der Waals surface area (Å²) in [5, 5.41) is 24.7. The highest BCUT2D eigenvalue weighted by molar-refractivity contribution is 6.76. The van der Waals surface area contributed by atoms with Gasteiger partial charge in [0.25, 0.3) is 5.91 Å². The van der Waals surface area contributed by atoms with Crippen molar-refractivity contribution in [1.29, 1.82) is 5.26 Å². The molecule has 2 aromatic carbocycles. The van der Waals surface area contributed by atoms with E-state index >= 15 is 0 Å². The van der Waals surface area contributed by atoms with Crippen LogP contribution in [0.3, 0.4) is 0 Å². The molecule has 2 aromatic rings. The molecule has 0 spiro atoms. The fraction of sp³-hybridized carbons (Fsp3) is 0.348. The van der Waals surface area contributed by atoms with Crippen molar-refractivity contribution in [3.63, 3.8) is 0 Å². The Balaban J connectivity index is 1.79. The quantitative estimate of drug-likeness (QED) is 0.594. The molecule has 3 rings (SSSR count). The molecule has 1 aliphatic carbocycles. The second-order valence-electron chi connectivity index (χ2n) is 9.11. The van der Waals surface area contributed by atoms with Gasteiger partial charge in [0.1, 0.15) is 17.3 Å². The number of rotatable bonds is 7. The van der Waals surface area contributed by atoms with Gasteiger partial charge in [0.05, 0.1) is 6.07 Å². The SMILES string of the molecule is C[Si](C)(C)CC(NC(=O)c1cccc(-c2cccc(O)c2)c1)C(=O)NC1(C#N)CC1. The first-order chi connectivity index (χ1) is 14.1. The topological polar surface area (TPSA) is 102 Å². The van der Waals surface area contributed by atoms with Crippen molar-refractivity contribution in [2.45, 2.75) is 50.1 Å². The van der Waals surface area contributed by atoms with Crippen molar-refractivity contribution in [2.24, 2.45) is 0 Å². The monoisotopic (exact) mass is 421 g/mol. The van der Waals surface area contributed by atoms with Crippen LogP contribution in [-0.2, 0) is 4.79 Å². The predicted octanol–water partition coefficient (Wildman–Crippen LogP) is 3.67. The summed E-state index contributed by atoms with van der Waals surface area (Å²) in [6, 6.07) is 16.0. The smallest absolute Gasteiger partial charge is 0.251 e. The van der Waals surface area contributed by atoms with Gasteiger partial charge in [-0.15, -0.1) is 0 Å². The number of nitrogens with zero attached hydrogens (tertiary/aromatic N) is 1. The Morgan fingerprint density at radius 3 is 2.33 bits per heavy atom. The van der Waals surface area contributed by atoms with Crippen LogP contribution >= 0.6 is 0 Å². The molecular formula is C23H27N3O3Si. The minimum Gasteiger partial charge on any atom is -0.508 e. The summed E-state index contributed by atoms with van der Waals surface area (Å²) >= 11 is 0. The lowest BCUT2D eigenvalue weighted by Crippen LogP contribution is -2.52. The Morgan fingerprint density at radius 1 is 1.13 bits per heavy atom. The van der Waals surface area contributed by atoms with E-state index in [0.717, 1.165) is 11.1 Å². The largest absolute Gasteiger partial charge is 0.508 e. The first-order valence-corrected chi connectivity index (χ1v) is 13.8. The molecule has 0 heterocycles. The molecule has 0 radical (unpaired) electrons. The van der Waals surface area contributed by atoms with Crippen LogP contribution < -0.4 is 10.6 Å². The van der Waals surface area contributed by atoms with Gasteiger partial charge in [-0.1, -0.05) is 43.9 Å². The van der Waals surface area contributed by atoms with E-state index in [-0.39, 0.29) is 17.6 Å². The third kappa shape index (κ3) is 5.48. The van der Waals surface area contributed by atoms with E-state index in [1.807, 2.05) is 12.1 Å². The maximum absolute atomic E-state index is 13.0. The number of phenolic OH excluding ortho intramolecular Hbond substituents is 1. The number of hydrogen-bond acceptors (Lipinski definition) is 4. The summed E-state index contributed by atoms with van der Waals surface area (Å²) in [4.78, 5) is 25.8. The zero-order valence-corrected chi connectivity index (χ0v) is 18.5. The van der Waals surface area contributed by atoms with E-state index in [0.29, 0.717) is 24.4 Å². The van der Waals surface area contributed by atoms with Crippen LogP contribution in [0.4, 0.5) is 0 Å². The van der Waals surface area contributed by atoms with E-state index in [1.54, 1.807) is 36.4 Å². The van der Waals surface area contributed by atoms with E-state index < -0.39 is 19.7 Å². The van der Waals surface area contributed by atoms with Crippen molar-refractivity contribution in [3.05, 3.63) is 54.1 Å². The van der Waals surface area contributed by atoms with Gasteiger partial charge in [-0.05, 0) is 54.3 Å². The van der Waals surface area contributed by atoms with Gasteiger partial charge in [-0.2, -0.15) is 5.26 Å². The minimum absolute atomic E-state index is 0.153. The van der Waals surface area contributed by atoms with Gasteiger partial charge in [0, 0.05) is 13.6 Å². The molecule has 2 amide bonds. The summed E-state index contributed by atoms with van der Waals surface area (Å²) in [7, 11) is -1.67. The maximum Gasteiger partial charge on any atom is 0.251 e. The molecule has 0 aromatic heterocycles. The molecule has 6 nitrogen and oxygen atoms in total. The molecule has 1 saturated carbocycles. The van der Waals surface area contributed by atoms with Gasteiger partial charge in [0.2, 0.25) is 5.91 Å². The summed E-state index contributed by atoms with van der Waals surface area (Å²) in [5.41, 5.74) is 1.26. The summed E-state index contributed by atoms with van der Waals surface area (Å²) in [5.74, 6) is -0.480. The summed E-state index contributed by atoms with van der Waals surface area (Å²) < 4.78 is 0. The number of carbonyl (C=O) groups is 2. The van der Waals surface area contributed by atoms with E-state index in [1.165, 1.54) is 0 Å². The number of hydrogen-bond donors (Lipinski definition) is 3. The van der Waals surface area contributed by atoms with E-state index in [2.05, 4.69) is 36.3 Å². The Morgan fingerprint density at radius 2 is 1.77 bits per heavy atom. The van der Waals surface area contributed by atoms with E-state index in [4.69, 9.17) is 0 Å². The zero-order chi connectivity index (χ0) is 21.9. The van der Waals surface area contributed by atoms with Crippen molar-refractivity contribution in [2.75, 3.05) is 0 Å². The Labute approximate surface area is 177 Å². The number of carbonyl (C=O) groups excluding carboxylic acids is 2. The molecule has 0 aliphatic heterocycles. The lowest BCUT2D eigenvalue weighted by atomic mass is 10.0. The number of nitriles is 1. The number of amides is 2. The van der Waals surface area contributed by atoms with Crippen molar-refractivity contribution < 1.29 is 14.7 Å². The van der Waals surface area contributed by atoms with Gasteiger partial charge >= 0.3 is 0 Å². The highest BCUT2D eigenvalue weighted by Gasteiger charge is 2.46. The number of benzene rings is 2. The van der Waals surface area contributed by atoms with Crippen LogP contribution in [-0.4, -0.2) is 36.6 Å². The lowest BCUT2D eigenvalue weighted by Gasteiger charge is -2.26. The summed E-state index contributed by atoms with van der Waals surface area (Å²) in [6.07, 6.45) is 1.30. The molecule has 3 N–H and O–H groups in total. The van der Waals surface area contributed by atoms with Crippen LogP contribution in [0.15, 0.2) is 48.5 Å². The fourth-order valence-electron chi connectivity index (χ4n) is 3.30. The Bertz CT molecular complexity index is 1000. The highest BCUT2D eigenvalue weighted by atomic mass is 28.3. The normalized spacial score (nSPS) is 15.5. The average molecular weight is 422 g/mol. The average Bonchev–Trinajstić information content (AvgIpc) is 3.46. The first-order valence-electron chi connectivity index (χ1n) is 10.0. The van der Waals surface area contributed by atoms with Crippen molar-refractivity contribution in [1.82, 2.24) is 10.6 Å². The molecule has 30 heavy (non-hydrogen) atoms. The number of aromatic hydroxyl groups is 1. The van der Waals surface area contributed by atoms with Gasteiger partial charge < -0.3 is 15.7 Å². The number of nitrogens with one attached hydrogen (secondary N) is 2.